The van der Waals surface area contributed by atoms with Crippen molar-refractivity contribution in [2.24, 2.45) is 0 Å². The standard InChI is InChI=1S/C17H15FN2OS/c1-11-5-3-4-6-15(11)16-19-20-17(21-16)22-12(2)13-7-9-14(18)10-8-13/h3-10,12H,1-2H3. The van der Waals surface area contributed by atoms with Crippen molar-refractivity contribution in [2.75, 3.05) is 0 Å². The summed E-state index contributed by atoms with van der Waals surface area (Å²) in [7, 11) is 0. The maximum absolute atomic E-state index is 13.0. The molecular weight excluding hydrogens is 299 g/mol. The smallest absolute Gasteiger partial charge is 0.277 e. The molecule has 0 bridgehead atoms. The van der Waals surface area contributed by atoms with Gasteiger partial charge in [0.1, 0.15) is 5.82 Å². The molecule has 3 rings (SSSR count). The van der Waals surface area contributed by atoms with Gasteiger partial charge in [0.25, 0.3) is 5.22 Å². The lowest BCUT2D eigenvalue weighted by molar-refractivity contribution is 0.465. The van der Waals surface area contributed by atoms with Crippen LogP contribution < -0.4 is 0 Å². The first-order valence-electron chi connectivity index (χ1n) is 6.95. The number of hydrogen-bond donors (Lipinski definition) is 0. The summed E-state index contributed by atoms with van der Waals surface area (Å²) < 4.78 is 18.7. The largest absolute Gasteiger partial charge is 0.411 e. The van der Waals surface area contributed by atoms with E-state index in [-0.39, 0.29) is 11.1 Å². The highest BCUT2D eigenvalue weighted by Crippen LogP contribution is 2.35. The first-order chi connectivity index (χ1) is 10.6. The predicted molar refractivity (Wildman–Crippen MR) is 85.1 cm³/mol. The third-order valence-corrected chi connectivity index (χ3v) is 4.39. The molecule has 1 atom stereocenters. The van der Waals surface area contributed by atoms with E-state index in [0.29, 0.717) is 11.1 Å². The molecule has 0 aliphatic heterocycles. The highest BCUT2D eigenvalue weighted by molar-refractivity contribution is 7.99. The summed E-state index contributed by atoms with van der Waals surface area (Å²) >= 11 is 1.46. The normalized spacial score (nSPS) is 12.3. The summed E-state index contributed by atoms with van der Waals surface area (Å²) in [6, 6.07) is 14.3. The van der Waals surface area contributed by atoms with E-state index >= 15 is 0 Å². The van der Waals surface area contributed by atoms with Crippen molar-refractivity contribution in [1.29, 1.82) is 0 Å². The van der Waals surface area contributed by atoms with Gasteiger partial charge in [-0.2, -0.15) is 0 Å². The third kappa shape index (κ3) is 3.20. The number of aromatic nitrogens is 2. The Morgan fingerprint density at radius 1 is 1.05 bits per heavy atom. The van der Waals surface area contributed by atoms with Gasteiger partial charge in [-0.3, -0.25) is 0 Å². The van der Waals surface area contributed by atoms with Crippen LogP contribution in [0.3, 0.4) is 0 Å². The van der Waals surface area contributed by atoms with Crippen molar-refractivity contribution in [3.63, 3.8) is 0 Å². The molecule has 2 aromatic carbocycles. The summed E-state index contributed by atoms with van der Waals surface area (Å²) in [6.07, 6.45) is 0. The van der Waals surface area contributed by atoms with Crippen molar-refractivity contribution in [3.8, 4) is 11.5 Å². The monoisotopic (exact) mass is 314 g/mol. The molecule has 112 valence electrons. The van der Waals surface area contributed by atoms with Crippen LogP contribution in [-0.4, -0.2) is 10.2 Å². The molecule has 5 heteroatoms. The second kappa shape index (κ2) is 6.32. The molecule has 22 heavy (non-hydrogen) atoms. The first kappa shape index (κ1) is 14.8. The molecule has 0 saturated carbocycles. The molecular formula is C17H15FN2OS. The fraction of sp³-hybridized carbons (Fsp3) is 0.176. The molecule has 0 N–H and O–H groups in total. The van der Waals surface area contributed by atoms with E-state index in [4.69, 9.17) is 4.42 Å². The number of nitrogens with zero attached hydrogens (tertiary/aromatic N) is 2. The Hall–Kier alpha value is -2.14. The molecule has 0 spiro atoms. The van der Waals surface area contributed by atoms with Crippen LogP contribution in [0.2, 0.25) is 0 Å². The minimum atomic E-state index is -0.236. The zero-order valence-corrected chi connectivity index (χ0v) is 13.1. The third-order valence-electron chi connectivity index (χ3n) is 3.40. The van der Waals surface area contributed by atoms with E-state index in [2.05, 4.69) is 10.2 Å². The van der Waals surface area contributed by atoms with E-state index < -0.39 is 0 Å². The minimum Gasteiger partial charge on any atom is -0.411 e. The van der Waals surface area contributed by atoms with E-state index in [0.717, 1.165) is 16.7 Å². The number of thioether (sulfide) groups is 1. The van der Waals surface area contributed by atoms with E-state index in [9.17, 15) is 4.39 Å². The topological polar surface area (TPSA) is 38.9 Å². The van der Waals surface area contributed by atoms with Gasteiger partial charge in [-0.1, -0.05) is 42.1 Å². The summed E-state index contributed by atoms with van der Waals surface area (Å²) in [5, 5.41) is 8.81. The van der Waals surface area contributed by atoms with Crippen LogP contribution in [0.5, 0.6) is 0 Å². The van der Waals surface area contributed by atoms with Crippen LogP contribution in [0.25, 0.3) is 11.5 Å². The summed E-state index contributed by atoms with van der Waals surface area (Å²) in [5.74, 6) is 0.285. The molecule has 0 amide bonds. The lowest BCUT2D eigenvalue weighted by atomic mass is 10.1. The van der Waals surface area contributed by atoms with E-state index in [1.54, 1.807) is 12.1 Å². The Kier molecular flexibility index (Phi) is 4.24. The molecule has 1 unspecified atom stereocenters. The Bertz CT molecular complexity index is 770. The zero-order valence-electron chi connectivity index (χ0n) is 12.3. The van der Waals surface area contributed by atoms with Crippen molar-refractivity contribution in [1.82, 2.24) is 10.2 Å². The number of benzene rings is 2. The van der Waals surface area contributed by atoms with E-state index in [1.807, 2.05) is 38.1 Å². The second-order valence-corrected chi connectivity index (χ2v) is 6.29. The molecule has 1 aromatic heterocycles. The second-order valence-electron chi connectivity index (χ2n) is 5.00. The number of rotatable bonds is 4. The van der Waals surface area contributed by atoms with Gasteiger partial charge >= 0.3 is 0 Å². The summed E-state index contributed by atoms with van der Waals surface area (Å²) in [5.41, 5.74) is 3.05. The van der Waals surface area contributed by atoms with Crippen LogP contribution in [-0.2, 0) is 0 Å². The maximum Gasteiger partial charge on any atom is 0.277 e. The maximum atomic E-state index is 13.0. The van der Waals surface area contributed by atoms with Crippen LogP contribution in [0, 0.1) is 12.7 Å². The molecule has 3 nitrogen and oxygen atoms in total. The highest BCUT2D eigenvalue weighted by Gasteiger charge is 2.15. The summed E-state index contributed by atoms with van der Waals surface area (Å²) in [4.78, 5) is 0. The van der Waals surface area contributed by atoms with Gasteiger partial charge in [0.05, 0.1) is 0 Å². The fourth-order valence-corrected chi connectivity index (χ4v) is 2.94. The number of halogens is 1. The molecule has 1 heterocycles. The molecule has 0 aliphatic rings. The number of hydrogen-bond acceptors (Lipinski definition) is 4. The Morgan fingerprint density at radius 3 is 2.50 bits per heavy atom. The van der Waals surface area contributed by atoms with Crippen LogP contribution in [0.4, 0.5) is 4.39 Å². The van der Waals surface area contributed by atoms with Crippen molar-refractivity contribution in [3.05, 3.63) is 65.5 Å². The van der Waals surface area contributed by atoms with Crippen molar-refractivity contribution < 1.29 is 8.81 Å². The van der Waals surface area contributed by atoms with Gasteiger partial charge in [-0.25, -0.2) is 4.39 Å². The minimum absolute atomic E-state index is 0.103. The average molecular weight is 314 g/mol. The van der Waals surface area contributed by atoms with Gasteiger partial charge in [0.2, 0.25) is 5.89 Å². The molecule has 0 fully saturated rings. The molecule has 0 aliphatic carbocycles. The van der Waals surface area contributed by atoms with Gasteiger partial charge < -0.3 is 4.42 Å². The Morgan fingerprint density at radius 2 is 1.77 bits per heavy atom. The lowest BCUT2D eigenvalue weighted by Gasteiger charge is -2.08. The van der Waals surface area contributed by atoms with E-state index in [1.165, 1.54) is 23.9 Å². The average Bonchev–Trinajstić information content (AvgIpc) is 2.96. The fourth-order valence-electron chi connectivity index (χ4n) is 2.13. The first-order valence-corrected chi connectivity index (χ1v) is 7.83. The predicted octanol–water partition coefficient (Wildman–Crippen LogP) is 5.04. The molecule has 3 aromatic rings. The van der Waals surface area contributed by atoms with Gasteiger partial charge in [-0.15, -0.1) is 10.2 Å². The Balaban J connectivity index is 1.77. The van der Waals surface area contributed by atoms with Crippen LogP contribution in [0.15, 0.2) is 58.2 Å². The van der Waals surface area contributed by atoms with Crippen molar-refractivity contribution in [2.45, 2.75) is 24.3 Å². The Labute approximate surface area is 132 Å². The quantitative estimate of drug-likeness (QED) is 0.633. The molecule has 0 saturated heterocycles. The molecule has 0 radical (unpaired) electrons. The highest BCUT2D eigenvalue weighted by atomic mass is 32.2. The van der Waals surface area contributed by atoms with Crippen molar-refractivity contribution >= 4 is 11.8 Å². The van der Waals surface area contributed by atoms with Gasteiger partial charge in [-0.05, 0) is 43.2 Å². The zero-order chi connectivity index (χ0) is 15.5. The van der Waals surface area contributed by atoms with Gasteiger partial charge in [0, 0.05) is 10.8 Å². The summed E-state index contributed by atoms with van der Waals surface area (Å²) in [6.45, 7) is 4.03. The lowest BCUT2D eigenvalue weighted by Crippen LogP contribution is -1.88. The van der Waals surface area contributed by atoms with Gasteiger partial charge in [0.15, 0.2) is 0 Å². The van der Waals surface area contributed by atoms with Crippen LogP contribution in [0.1, 0.15) is 23.3 Å². The number of aryl methyl sites for hydroxylation is 1. The SMILES string of the molecule is Cc1ccccc1-c1nnc(SC(C)c2ccc(F)cc2)o1. The van der Waals surface area contributed by atoms with Crippen LogP contribution >= 0.6 is 11.8 Å².